The highest BCUT2D eigenvalue weighted by Gasteiger charge is 2.16. The van der Waals surface area contributed by atoms with Gasteiger partial charge in [0.05, 0.1) is 0 Å². The first-order chi connectivity index (χ1) is 8.75. The lowest BCUT2D eigenvalue weighted by Crippen LogP contribution is -2.36. The molecule has 0 bridgehead atoms. The van der Waals surface area contributed by atoms with E-state index in [0.29, 0.717) is 6.04 Å². The number of hydrogen-bond donors (Lipinski definition) is 1. The van der Waals surface area contributed by atoms with Gasteiger partial charge < -0.3 is 5.32 Å². The van der Waals surface area contributed by atoms with E-state index >= 15 is 0 Å². The molecule has 0 unspecified atom stereocenters. The van der Waals surface area contributed by atoms with Gasteiger partial charge in [-0.05, 0) is 31.4 Å². The number of hydrogen-bond acceptors (Lipinski definition) is 1. The van der Waals surface area contributed by atoms with Gasteiger partial charge in [-0.2, -0.15) is 0 Å². The molecule has 0 saturated heterocycles. The Bertz CT molecular complexity index is 416. The first-order valence-electron chi connectivity index (χ1n) is 6.80. The van der Waals surface area contributed by atoms with Crippen LogP contribution in [-0.4, -0.2) is 11.9 Å². The Morgan fingerprint density at radius 3 is 2.50 bits per heavy atom. The molecule has 0 aliphatic heterocycles. The Hall–Kier alpha value is -1.57. The maximum absolute atomic E-state index is 12.0. The van der Waals surface area contributed by atoms with E-state index in [1.165, 1.54) is 19.3 Å². The van der Waals surface area contributed by atoms with Crippen LogP contribution >= 0.6 is 0 Å². The zero-order valence-corrected chi connectivity index (χ0v) is 11.0. The first kappa shape index (κ1) is 12.9. The van der Waals surface area contributed by atoms with Crippen molar-refractivity contribution in [3.63, 3.8) is 0 Å². The minimum absolute atomic E-state index is 0.0748. The summed E-state index contributed by atoms with van der Waals surface area (Å²) in [5.74, 6) is 0.0748. The quantitative estimate of drug-likeness (QED) is 0.808. The van der Waals surface area contributed by atoms with Gasteiger partial charge in [-0.15, -0.1) is 0 Å². The largest absolute Gasteiger partial charge is 0.350 e. The van der Waals surface area contributed by atoms with Crippen LogP contribution in [0.4, 0.5) is 0 Å². The molecule has 1 saturated carbocycles. The predicted molar refractivity (Wildman–Crippen MR) is 75.1 cm³/mol. The van der Waals surface area contributed by atoms with Gasteiger partial charge in [-0.3, -0.25) is 4.79 Å². The molecule has 1 aliphatic rings. The SMILES string of the molecule is C/C(=C\c1ccccc1)C(=O)NC1CCCCC1. The maximum atomic E-state index is 12.0. The second-order valence-electron chi connectivity index (χ2n) is 5.05. The maximum Gasteiger partial charge on any atom is 0.247 e. The van der Waals surface area contributed by atoms with Gasteiger partial charge >= 0.3 is 0 Å². The van der Waals surface area contributed by atoms with Gasteiger partial charge in [0.15, 0.2) is 0 Å². The van der Waals surface area contributed by atoms with Crippen molar-refractivity contribution in [2.45, 2.75) is 45.1 Å². The van der Waals surface area contributed by atoms with Gasteiger partial charge in [0.2, 0.25) is 5.91 Å². The number of carbonyl (C=O) groups is 1. The van der Waals surface area contributed by atoms with Crippen molar-refractivity contribution in [1.82, 2.24) is 5.32 Å². The minimum Gasteiger partial charge on any atom is -0.350 e. The number of benzene rings is 1. The summed E-state index contributed by atoms with van der Waals surface area (Å²) in [6, 6.07) is 10.4. The smallest absolute Gasteiger partial charge is 0.247 e. The van der Waals surface area contributed by atoms with E-state index in [1.807, 2.05) is 43.3 Å². The van der Waals surface area contributed by atoms with Crippen LogP contribution in [-0.2, 0) is 4.79 Å². The average Bonchev–Trinajstić information content (AvgIpc) is 2.41. The first-order valence-corrected chi connectivity index (χ1v) is 6.80. The number of rotatable bonds is 3. The third kappa shape index (κ3) is 3.73. The summed E-state index contributed by atoms with van der Waals surface area (Å²) >= 11 is 0. The molecule has 1 aliphatic carbocycles. The van der Waals surface area contributed by atoms with Crippen LogP contribution in [0, 0.1) is 0 Å². The van der Waals surface area contributed by atoms with Crippen molar-refractivity contribution in [3.8, 4) is 0 Å². The lowest BCUT2D eigenvalue weighted by molar-refractivity contribution is -0.118. The van der Waals surface area contributed by atoms with Crippen LogP contribution in [0.15, 0.2) is 35.9 Å². The summed E-state index contributed by atoms with van der Waals surface area (Å²) in [4.78, 5) is 12.0. The summed E-state index contributed by atoms with van der Waals surface area (Å²) in [7, 11) is 0. The van der Waals surface area contributed by atoms with E-state index in [1.54, 1.807) is 0 Å². The van der Waals surface area contributed by atoms with E-state index in [9.17, 15) is 4.79 Å². The zero-order valence-electron chi connectivity index (χ0n) is 11.0. The fourth-order valence-electron chi connectivity index (χ4n) is 2.41. The number of nitrogens with one attached hydrogen (secondary N) is 1. The van der Waals surface area contributed by atoms with Crippen LogP contribution < -0.4 is 5.32 Å². The lowest BCUT2D eigenvalue weighted by atomic mass is 9.95. The molecule has 1 aromatic rings. The summed E-state index contributed by atoms with van der Waals surface area (Å²) in [6.45, 7) is 1.88. The van der Waals surface area contributed by atoms with Crippen molar-refractivity contribution in [3.05, 3.63) is 41.5 Å². The Morgan fingerprint density at radius 1 is 1.17 bits per heavy atom. The molecule has 0 heterocycles. The summed E-state index contributed by atoms with van der Waals surface area (Å²) in [6.07, 6.45) is 8.00. The fraction of sp³-hybridized carbons (Fsp3) is 0.438. The molecule has 2 nitrogen and oxygen atoms in total. The normalized spacial score (nSPS) is 17.5. The average molecular weight is 243 g/mol. The third-order valence-corrected chi connectivity index (χ3v) is 3.48. The molecule has 1 aromatic carbocycles. The van der Waals surface area contributed by atoms with Gasteiger partial charge in [-0.1, -0.05) is 49.6 Å². The molecular weight excluding hydrogens is 222 g/mol. The third-order valence-electron chi connectivity index (χ3n) is 3.48. The predicted octanol–water partition coefficient (Wildman–Crippen LogP) is 3.54. The van der Waals surface area contributed by atoms with E-state index in [2.05, 4.69) is 5.32 Å². The van der Waals surface area contributed by atoms with E-state index in [4.69, 9.17) is 0 Å². The molecule has 0 radical (unpaired) electrons. The lowest BCUT2D eigenvalue weighted by Gasteiger charge is -2.22. The van der Waals surface area contributed by atoms with Gasteiger partial charge in [-0.25, -0.2) is 0 Å². The summed E-state index contributed by atoms with van der Waals surface area (Å²) in [5, 5.41) is 3.13. The highest BCUT2D eigenvalue weighted by molar-refractivity contribution is 5.97. The van der Waals surface area contributed by atoms with E-state index in [-0.39, 0.29) is 5.91 Å². The molecule has 0 spiro atoms. The van der Waals surface area contributed by atoms with Gasteiger partial charge in [0, 0.05) is 11.6 Å². The topological polar surface area (TPSA) is 29.1 Å². The minimum atomic E-state index is 0.0748. The Balaban J connectivity index is 1.93. The molecule has 2 heteroatoms. The Morgan fingerprint density at radius 2 is 1.83 bits per heavy atom. The van der Waals surface area contributed by atoms with Gasteiger partial charge in [0.25, 0.3) is 0 Å². The molecule has 1 fully saturated rings. The number of amides is 1. The van der Waals surface area contributed by atoms with Crippen LogP contribution in [0.25, 0.3) is 6.08 Å². The monoisotopic (exact) mass is 243 g/mol. The van der Waals surface area contributed by atoms with Crippen molar-refractivity contribution in [1.29, 1.82) is 0 Å². The van der Waals surface area contributed by atoms with E-state index < -0.39 is 0 Å². The molecule has 0 atom stereocenters. The number of carbonyl (C=O) groups excluding carboxylic acids is 1. The second kappa shape index (κ2) is 6.39. The van der Waals surface area contributed by atoms with Crippen LogP contribution in [0.2, 0.25) is 0 Å². The fourth-order valence-corrected chi connectivity index (χ4v) is 2.41. The molecular formula is C16H21NO. The standard InChI is InChI=1S/C16H21NO/c1-13(12-14-8-4-2-5-9-14)16(18)17-15-10-6-3-7-11-15/h2,4-5,8-9,12,15H,3,6-7,10-11H2,1H3,(H,17,18)/b13-12+. The Kier molecular flexibility index (Phi) is 4.57. The van der Waals surface area contributed by atoms with Crippen molar-refractivity contribution >= 4 is 12.0 Å². The second-order valence-corrected chi connectivity index (χ2v) is 5.05. The highest BCUT2D eigenvalue weighted by Crippen LogP contribution is 2.18. The van der Waals surface area contributed by atoms with Crippen LogP contribution in [0.3, 0.4) is 0 Å². The van der Waals surface area contributed by atoms with Crippen molar-refractivity contribution in [2.75, 3.05) is 0 Å². The van der Waals surface area contributed by atoms with Crippen molar-refractivity contribution < 1.29 is 4.79 Å². The van der Waals surface area contributed by atoms with Crippen LogP contribution in [0.1, 0.15) is 44.6 Å². The molecule has 0 aromatic heterocycles. The van der Waals surface area contributed by atoms with Crippen molar-refractivity contribution in [2.24, 2.45) is 0 Å². The molecule has 96 valence electrons. The van der Waals surface area contributed by atoms with E-state index in [0.717, 1.165) is 24.0 Å². The summed E-state index contributed by atoms with van der Waals surface area (Å²) < 4.78 is 0. The molecule has 18 heavy (non-hydrogen) atoms. The zero-order chi connectivity index (χ0) is 12.8. The van der Waals surface area contributed by atoms with Gasteiger partial charge in [0.1, 0.15) is 0 Å². The molecule has 1 amide bonds. The summed E-state index contributed by atoms with van der Waals surface area (Å²) in [5.41, 5.74) is 1.86. The molecule has 1 N–H and O–H groups in total. The Labute approximate surface area is 109 Å². The highest BCUT2D eigenvalue weighted by atomic mass is 16.1. The van der Waals surface area contributed by atoms with Crippen LogP contribution in [0.5, 0.6) is 0 Å². The molecule has 2 rings (SSSR count).